The van der Waals surface area contributed by atoms with Crippen molar-refractivity contribution in [3.63, 3.8) is 0 Å². The summed E-state index contributed by atoms with van der Waals surface area (Å²) in [6, 6.07) is 15.7. The molecule has 2 aromatic rings. The number of amides is 2. The molecule has 3 rings (SSSR count). The number of ether oxygens (including phenoxy) is 2. The Morgan fingerprint density at radius 1 is 0.917 bits per heavy atom. The van der Waals surface area contributed by atoms with Crippen molar-refractivity contribution < 1.29 is 19.1 Å². The summed E-state index contributed by atoms with van der Waals surface area (Å²) in [5.41, 5.74) is 2.17. The summed E-state index contributed by atoms with van der Waals surface area (Å²) < 4.78 is 11.4. The normalized spacial score (nSPS) is 14.6. The van der Waals surface area contributed by atoms with Crippen LogP contribution in [0.5, 0.6) is 11.5 Å². The summed E-state index contributed by atoms with van der Waals surface area (Å²) in [5.74, 6) is 1.35. The molecule has 0 bridgehead atoms. The molecule has 1 atom stereocenters. The fourth-order valence-corrected chi connectivity index (χ4v) is 4.78. The summed E-state index contributed by atoms with van der Waals surface area (Å²) in [5, 5.41) is 3.20. The van der Waals surface area contributed by atoms with Crippen molar-refractivity contribution in [2.45, 2.75) is 84.2 Å². The molecule has 6 heteroatoms. The van der Waals surface area contributed by atoms with Gasteiger partial charge in [0.1, 0.15) is 6.04 Å². The summed E-state index contributed by atoms with van der Waals surface area (Å²) >= 11 is 0. The van der Waals surface area contributed by atoms with Crippen molar-refractivity contribution in [1.29, 1.82) is 0 Å². The van der Waals surface area contributed by atoms with Crippen LogP contribution in [0.4, 0.5) is 0 Å². The van der Waals surface area contributed by atoms with Crippen molar-refractivity contribution in [2.24, 2.45) is 0 Å². The highest BCUT2D eigenvalue weighted by molar-refractivity contribution is 5.87. The number of carbonyl (C=O) groups excluding carboxylic acids is 2. The number of benzene rings is 2. The lowest BCUT2D eigenvalue weighted by Crippen LogP contribution is -2.51. The molecule has 196 valence electrons. The standard InChI is InChI=1S/C30H42N2O4/c1-4-35-27-18-16-25(22-28(27)36-5-2)17-19-29(33)32(21-20-24-12-8-6-9-13-24)23(3)30(34)31-26-14-10-7-11-15-26/h6,8-9,12-13,16,18,22-23,26H,4-5,7,10-11,14-15,17,19-21H2,1-3H3,(H,31,34)/t23-/m0/s1. The van der Waals surface area contributed by atoms with Gasteiger partial charge in [-0.05, 0) is 69.7 Å². The zero-order valence-electron chi connectivity index (χ0n) is 22.1. The third-order valence-electron chi connectivity index (χ3n) is 6.84. The summed E-state index contributed by atoms with van der Waals surface area (Å²) in [4.78, 5) is 28.3. The maximum absolute atomic E-state index is 13.4. The van der Waals surface area contributed by atoms with E-state index in [0.29, 0.717) is 50.5 Å². The van der Waals surface area contributed by atoms with Gasteiger partial charge < -0.3 is 19.7 Å². The lowest BCUT2D eigenvalue weighted by Gasteiger charge is -2.31. The van der Waals surface area contributed by atoms with E-state index in [0.717, 1.165) is 36.8 Å². The van der Waals surface area contributed by atoms with Gasteiger partial charge in [-0.1, -0.05) is 55.7 Å². The molecule has 1 fully saturated rings. The maximum atomic E-state index is 13.4. The zero-order valence-corrected chi connectivity index (χ0v) is 22.1. The Bertz CT molecular complexity index is 957. The Kier molecular flexibility index (Phi) is 11.1. The first-order valence-electron chi connectivity index (χ1n) is 13.5. The SMILES string of the molecule is CCOc1ccc(CCC(=O)N(CCc2ccccc2)[C@@H](C)C(=O)NC2CCCCC2)cc1OCC. The van der Waals surface area contributed by atoms with Crippen LogP contribution in [0.2, 0.25) is 0 Å². The van der Waals surface area contributed by atoms with E-state index in [1.54, 1.807) is 4.90 Å². The van der Waals surface area contributed by atoms with Gasteiger partial charge in [-0.25, -0.2) is 0 Å². The fraction of sp³-hybridized carbons (Fsp3) is 0.533. The molecule has 6 nitrogen and oxygen atoms in total. The van der Waals surface area contributed by atoms with Crippen LogP contribution in [0.3, 0.4) is 0 Å². The van der Waals surface area contributed by atoms with E-state index in [2.05, 4.69) is 17.4 Å². The van der Waals surface area contributed by atoms with E-state index < -0.39 is 6.04 Å². The van der Waals surface area contributed by atoms with Gasteiger partial charge in [-0.15, -0.1) is 0 Å². The van der Waals surface area contributed by atoms with E-state index in [9.17, 15) is 9.59 Å². The molecule has 1 aliphatic rings. The highest BCUT2D eigenvalue weighted by atomic mass is 16.5. The molecule has 0 saturated heterocycles. The second-order valence-corrected chi connectivity index (χ2v) is 9.49. The van der Waals surface area contributed by atoms with E-state index in [-0.39, 0.29) is 17.9 Å². The predicted molar refractivity (Wildman–Crippen MR) is 143 cm³/mol. The van der Waals surface area contributed by atoms with Gasteiger partial charge in [0, 0.05) is 19.0 Å². The largest absolute Gasteiger partial charge is 0.490 e. The molecule has 0 aliphatic heterocycles. The Labute approximate surface area is 216 Å². The molecule has 1 N–H and O–H groups in total. The van der Waals surface area contributed by atoms with Crippen LogP contribution in [0, 0.1) is 0 Å². The third-order valence-corrected chi connectivity index (χ3v) is 6.84. The molecular weight excluding hydrogens is 452 g/mol. The Morgan fingerprint density at radius 3 is 2.31 bits per heavy atom. The summed E-state index contributed by atoms with van der Waals surface area (Å²) in [6.45, 7) is 7.35. The van der Waals surface area contributed by atoms with Crippen LogP contribution in [0.25, 0.3) is 0 Å². The molecule has 1 aliphatic carbocycles. The summed E-state index contributed by atoms with van der Waals surface area (Å²) in [7, 11) is 0. The van der Waals surface area contributed by atoms with E-state index in [1.807, 2.05) is 57.2 Å². The van der Waals surface area contributed by atoms with E-state index in [1.165, 1.54) is 6.42 Å². The Morgan fingerprint density at radius 2 is 1.61 bits per heavy atom. The van der Waals surface area contributed by atoms with Crippen LogP contribution in [0.15, 0.2) is 48.5 Å². The fourth-order valence-electron chi connectivity index (χ4n) is 4.78. The minimum atomic E-state index is -0.512. The van der Waals surface area contributed by atoms with Crippen molar-refractivity contribution in [2.75, 3.05) is 19.8 Å². The van der Waals surface area contributed by atoms with Crippen LogP contribution < -0.4 is 14.8 Å². The lowest BCUT2D eigenvalue weighted by atomic mass is 9.95. The van der Waals surface area contributed by atoms with Crippen molar-refractivity contribution in [3.05, 3.63) is 59.7 Å². The number of nitrogens with one attached hydrogen (secondary N) is 1. The molecule has 0 spiro atoms. The van der Waals surface area contributed by atoms with Gasteiger partial charge >= 0.3 is 0 Å². The molecule has 0 heterocycles. The van der Waals surface area contributed by atoms with Gasteiger partial charge in [-0.2, -0.15) is 0 Å². The molecule has 0 unspecified atom stereocenters. The highest BCUT2D eigenvalue weighted by Crippen LogP contribution is 2.29. The number of nitrogens with zero attached hydrogens (tertiary/aromatic N) is 1. The monoisotopic (exact) mass is 494 g/mol. The smallest absolute Gasteiger partial charge is 0.242 e. The number of aryl methyl sites for hydroxylation is 1. The average molecular weight is 495 g/mol. The lowest BCUT2D eigenvalue weighted by molar-refractivity contribution is -0.140. The van der Waals surface area contributed by atoms with Gasteiger partial charge in [0.05, 0.1) is 13.2 Å². The topological polar surface area (TPSA) is 67.9 Å². The van der Waals surface area contributed by atoms with Gasteiger partial charge in [0.25, 0.3) is 0 Å². The average Bonchev–Trinajstić information content (AvgIpc) is 2.90. The number of hydrogen-bond donors (Lipinski definition) is 1. The predicted octanol–water partition coefficient (Wildman–Crippen LogP) is 5.33. The number of rotatable bonds is 13. The molecule has 0 radical (unpaired) electrons. The van der Waals surface area contributed by atoms with Crippen LogP contribution in [0.1, 0.15) is 70.4 Å². The Hall–Kier alpha value is -3.02. The van der Waals surface area contributed by atoms with Crippen molar-refractivity contribution in [3.8, 4) is 11.5 Å². The highest BCUT2D eigenvalue weighted by Gasteiger charge is 2.27. The first-order valence-corrected chi connectivity index (χ1v) is 13.5. The maximum Gasteiger partial charge on any atom is 0.242 e. The molecule has 2 aromatic carbocycles. The van der Waals surface area contributed by atoms with Gasteiger partial charge in [-0.3, -0.25) is 9.59 Å². The second-order valence-electron chi connectivity index (χ2n) is 9.49. The first-order chi connectivity index (χ1) is 17.5. The molecular formula is C30H42N2O4. The van der Waals surface area contributed by atoms with Crippen LogP contribution >= 0.6 is 0 Å². The molecule has 2 amide bonds. The number of hydrogen-bond acceptors (Lipinski definition) is 4. The van der Waals surface area contributed by atoms with Crippen molar-refractivity contribution >= 4 is 11.8 Å². The first kappa shape index (κ1) is 27.6. The van der Waals surface area contributed by atoms with Crippen molar-refractivity contribution in [1.82, 2.24) is 10.2 Å². The second kappa shape index (κ2) is 14.5. The van der Waals surface area contributed by atoms with Crippen LogP contribution in [-0.4, -0.2) is 48.6 Å². The Balaban J connectivity index is 1.67. The number of carbonyl (C=O) groups is 2. The minimum Gasteiger partial charge on any atom is -0.490 e. The zero-order chi connectivity index (χ0) is 25.8. The molecule has 0 aromatic heterocycles. The molecule has 1 saturated carbocycles. The van der Waals surface area contributed by atoms with E-state index in [4.69, 9.17) is 9.47 Å². The van der Waals surface area contributed by atoms with Crippen LogP contribution in [-0.2, 0) is 22.4 Å². The van der Waals surface area contributed by atoms with E-state index >= 15 is 0 Å². The van der Waals surface area contributed by atoms with Gasteiger partial charge in [0.2, 0.25) is 11.8 Å². The quantitative estimate of drug-likeness (QED) is 0.409. The molecule has 36 heavy (non-hydrogen) atoms. The van der Waals surface area contributed by atoms with Gasteiger partial charge in [0.15, 0.2) is 11.5 Å². The summed E-state index contributed by atoms with van der Waals surface area (Å²) in [6.07, 6.45) is 7.21. The minimum absolute atomic E-state index is 0.0101. The third kappa shape index (κ3) is 8.28.